The molecule has 0 aromatic heterocycles. The van der Waals surface area contributed by atoms with Crippen molar-refractivity contribution in [1.29, 1.82) is 0 Å². The van der Waals surface area contributed by atoms with Gasteiger partial charge in [-0.2, -0.15) is 0 Å². The molecule has 1 rings (SSSR count). The lowest BCUT2D eigenvalue weighted by Gasteiger charge is -2.40. The van der Waals surface area contributed by atoms with E-state index in [0.717, 1.165) is 38.5 Å². The van der Waals surface area contributed by atoms with Gasteiger partial charge in [-0.3, -0.25) is 4.79 Å². The molecule has 45 heavy (non-hydrogen) atoms. The number of aliphatic hydroxyl groups is 5. The first-order valence-electron chi connectivity index (χ1n) is 18.7. The average Bonchev–Trinajstić information content (AvgIpc) is 3.04. The minimum Gasteiger partial charge on any atom is -0.394 e. The van der Waals surface area contributed by atoms with Crippen LogP contribution >= 0.6 is 0 Å². The number of nitrogens with one attached hydrogen (secondary N) is 1. The highest BCUT2D eigenvalue weighted by molar-refractivity contribution is 5.76. The van der Waals surface area contributed by atoms with Gasteiger partial charge >= 0.3 is 0 Å². The number of rotatable bonds is 30. The number of carbonyl (C=O) groups excluding carboxylic acids is 1. The van der Waals surface area contributed by atoms with Crippen molar-refractivity contribution in [3.63, 3.8) is 0 Å². The molecule has 1 aliphatic rings. The van der Waals surface area contributed by atoms with Crippen molar-refractivity contribution in [3.05, 3.63) is 0 Å². The van der Waals surface area contributed by atoms with Gasteiger partial charge in [0, 0.05) is 6.42 Å². The van der Waals surface area contributed by atoms with Crippen molar-refractivity contribution in [2.45, 2.75) is 211 Å². The first-order chi connectivity index (χ1) is 21.8. The van der Waals surface area contributed by atoms with Gasteiger partial charge in [0.25, 0.3) is 0 Å². The summed E-state index contributed by atoms with van der Waals surface area (Å²) in [5, 5.41) is 53.9. The molecule has 1 saturated heterocycles. The molecule has 0 radical (unpaired) electrons. The van der Waals surface area contributed by atoms with Crippen molar-refractivity contribution in [3.8, 4) is 0 Å². The quantitative estimate of drug-likeness (QED) is 0.0517. The van der Waals surface area contributed by atoms with Gasteiger partial charge in [-0.15, -0.1) is 0 Å². The monoisotopic (exact) mass is 646 g/mol. The van der Waals surface area contributed by atoms with Gasteiger partial charge in [0.2, 0.25) is 5.91 Å². The van der Waals surface area contributed by atoms with Gasteiger partial charge in [0.1, 0.15) is 24.4 Å². The van der Waals surface area contributed by atoms with Crippen LogP contribution in [-0.2, 0) is 14.3 Å². The van der Waals surface area contributed by atoms with Crippen LogP contribution in [0, 0.1) is 0 Å². The summed E-state index contributed by atoms with van der Waals surface area (Å²) in [6, 6.07) is -0.708. The molecule has 6 N–H and O–H groups in total. The van der Waals surface area contributed by atoms with Crippen molar-refractivity contribution < 1.29 is 39.8 Å². The van der Waals surface area contributed by atoms with Crippen LogP contribution in [0.5, 0.6) is 0 Å². The molecule has 268 valence electrons. The van der Waals surface area contributed by atoms with Crippen molar-refractivity contribution in [2.24, 2.45) is 0 Å². The fourth-order valence-corrected chi connectivity index (χ4v) is 6.10. The smallest absolute Gasteiger partial charge is 0.220 e. The third-order valence-electron chi connectivity index (χ3n) is 9.21. The molecule has 9 nitrogen and oxygen atoms in total. The lowest BCUT2D eigenvalue weighted by Crippen LogP contribution is -2.60. The Morgan fingerprint density at radius 2 is 1.11 bits per heavy atom. The molecule has 1 amide bonds. The van der Waals surface area contributed by atoms with E-state index < -0.39 is 49.5 Å². The summed E-state index contributed by atoms with van der Waals surface area (Å²) >= 11 is 0. The Morgan fingerprint density at radius 1 is 0.667 bits per heavy atom. The Kier molecular flexibility index (Phi) is 26.5. The van der Waals surface area contributed by atoms with Gasteiger partial charge < -0.3 is 40.3 Å². The second-order valence-corrected chi connectivity index (χ2v) is 13.4. The molecule has 0 aromatic carbocycles. The van der Waals surface area contributed by atoms with Crippen LogP contribution < -0.4 is 5.32 Å². The molecule has 0 unspecified atom stereocenters. The van der Waals surface area contributed by atoms with Crippen LogP contribution in [-0.4, -0.2) is 87.5 Å². The summed E-state index contributed by atoms with van der Waals surface area (Å²) in [4.78, 5) is 12.8. The van der Waals surface area contributed by atoms with Crippen LogP contribution in [0.15, 0.2) is 0 Å². The van der Waals surface area contributed by atoms with Crippen LogP contribution in [0.25, 0.3) is 0 Å². The van der Waals surface area contributed by atoms with E-state index in [0.29, 0.717) is 12.8 Å². The van der Waals surface area contributed by atoms with Crippen LogP contribution in [0.3, 0.4) is 0 Å². The topological polar surface area (TPSA) is 149 Å². The highest BCUT2D eigenvalue weighted by Crippen LogP contribution is 2.23. The maximum atomic E-state index is 12.8. The first-order valence-corrected chi connectivity index (χ1v) is 18.7. The van der Waals surface area contributed by atoms with Gasteiger partial charge in [-0.05, 0) is 12.8 Å². The third kappa shape index (κ3) is 20.2. The minimum absolute atomic E-state index is 0.133. The molecule has 7 atom stereocenters. The molecule has 1 aliphatic heterocycles. The summed E-state index contributed by atoms with van der Waals surface area (Å²) in [5.74, 6) is -0.148. The van der Waals surface area contributed by atoms with Crippen LogP contribution in [0.4, 0.5) is 0 Å². The molecule has 0 saturated carbocycles. The highest BCUT2D eigenvalue weighted by Gasteiger charge is 2.44. The predicted molar refractivity (Wildman–Crippen MR) is 180 cm³/mol. The van der Waals surface area contributed by atoms with E-state index in [1.165, 1.54) is 103 Å². The van der Waals surface area contributed by atoms with Gasteiger partial charge in [-0.25, -0.2) is 0 Å². The molecule has 1 heterocycles. The Hall–Kier alpha value is -0.810. The van der Waals surface area contributed by atoms with E-state index in [1.54, 1.807) is 0 Å². The second kappa shape index (κ2) is 28.2. The zero-order chi connectivity index (χ0) is 33.1. The van der Waals surface area contributed by atoms with Gasteiger partial charge in [0.15, 0.2) is 6.29 Å². The summed E-state index contributed by atoms with van der Waals surface area (Å²) in [7, 11) is 0. The third-order valence-corrected chi connectivity index (χ3v) is 9.21. The fraction of sp³-hybridized carbons (Fsp3) is 0.972. The molecule has 0 aromatic rings. The Morgan fingerprint density at radius 3 is 1.58 bits per heavy atom. The van der Waals surface area contributed by atoms with E-state index in [2.05, 4.69) is 19.2 Å². The van der Waals surface area contributed by atoms with E-state index in [1.807, 2.05) is 0 Å². The van der Waals surface area contributed by atoms with Crippen LogP contribution in [0.1, 0.15) is 168 Å². The van der Waals surface area contributed by atoms with E-state index in [9.17, 15) is 30.3 Å². The summed E-state index contributed by atoms with van der Waals surface area (Å²) < 4.78 is 11.2. The largest absolute Gasteiger partial charge is 0.394 e. The molecular formula is C36H71NO8. The minimum atomic E-state index is -1.55. The number of unbranched alkanes of at least 4 members (excludes halogenated alkanes) is 20. The number of carbonyl (C=O) groups is 1. The van der Waals surface area contributed by atoms with Crippen molar-refractivity contribution in [2.75, 3.05) is 13.2 Å². The molecule has 0 bridgehead atoms. The first kappa shape index (κ1) is 42.2. The van der Waals surface area contributed by atoms with Crippen LogP contribution in [0.2, 0.25) is 0 Å². The van der Waals surface area contributed by atoms with Crippen molar-refractivity contribution in [1.82, 2.24) is 5.32 Å². The molecule has 1 fully saturated rings. The lowest BCUT2D eigenvalue weighted by atomic mass is 9.99. The van der Waals surface area contributed by atoms with Crippen molar-refractivity contribution >= 4 is 5.91 Å². The lowest BCUT2D eigenvalue weighted by molar-refractivity contribution is -0.302. The highest BCUT2D eigenvalue weighted by atomic mass is 16.7. The number of hydrogen-bond donors (Lipinski definition) is 6. The summed E-state index contributed by atoms with van der Waals surface area (Å²) in [6.07, 6.45) is 19.7. The van der Waals surface area contributed by atoms with Gasteiger partial charge in [-0.1, -0.05) is 149 Å². The number of amides is 1. The Bertz CT molecular complexity index is 681. The maximum Gasteiger partial charge on any atom is 0.220 e. The Labute approximate surface area is 274 Å². The van der Waals surface area contributed by atoms with E-state index >= 15 is 0 Å². The predicted octanol–water partition coefficient (Wildman–Crippen LogP) is 6.05. The zero-order valence-corrected chi connectivity index (χ0v) is 28.9. The van der Waals surface area contributed by atoms with Gasteiger partial charge in [0.05, 0.1) is 25.4 Å². The molecule has 0 spiro atoms. The zero-order valence-electron chi connectivity index (χ0n) is 28.9. The maximum absolute atomic E-state index is 12.8. The standard InChI is InChI=1S/C36H71NO8/c1-3-5-7-9-11-13-14-15-16-18-19-21-23-25-30(39)29(28-44-36-35(43)34(42)33(41)31(27-38)45-36)37-32(40)26-24-22-20-17-12-10-8-6-4-2/h29-31,33-36,38-39,41-43H,3-28H2,1-2H3,(H,37,40)/t29-,30+,31+,33-,34-,35+,36+/m0/s1. The normalized spacial score (nSPS) is 23.2. The number of aliphatic hydroxyl groups excluding tert-OH is 5. The number of hydrogen-bond acceptors (Lipinski definition) is 8. The van der Waals surface area contributed by atoms with E-state index in [4.69, 9.17) is 9.47 Å². The fourth-order valence-electron chi connectivity index (χ4n) is 6.10. The Balaban J connectivity index is 2.43. The molecule has 9 heteroatoms. The number of ether oxygens (including phenoxy) is 2. The molecular weight excluding hydrogens is 574 g/mol. The van der Waals surface area contributed by atoms with E-state index in [-0.39, 0.29) is 12.5 Å². The average molecular weight is 646 g/mol. The summed E-state index contributed by atoms with van der Waals surface area (Å²) in [5.41, 5.74) is 0. The second-order valence-electron chi connectivity index (χ2n) is 13.4. The molecule has 0 aliphatic carbocycles. The SMILES string of the molecule is CCCCCCCCCCCCCCC[C@@H](O)[C@H](CO[C@@H]1O[C@H](CO)[C@H](O)[C@H](O)[C@H]1O)NC(=O)CCCCCCCCCCC. The summed E-state index contributed by atoms with van der Waals surface area (Å²) in [6.45, 7) is 3.78.